The van der Waals surface area contributed by atoms with Gasteiger partial charge in [0.2, 0.25) is 0 Å². The second kappa shape index (κ2) is 4.06. The largest absolute Gasteiger partial charge is 0.377 e. The summed E-state index contributed by atoms with van der Waals surface area (Å²) in [5.41, 5.74) is 2.45. The van der Waals surface area contributed by atoms with Crippen LogP contribution in [0.2, 0.25) is 0 Å². The first-order valence-corrected chi connectivity index (χ1v) is 5.53. The minimum Gasteiger partial charge on any atom is -0.377 e. The highest BCUT2D eigenvalue weighted by Crippen LogP contribution is 2.10. The summed E-state index contributed by atoms with van der Waals surface area (Å²) in [5, 5.41) is 0. The molecule has 6 heteroatoms. The zero-order valence-corrected chi connectivity index (χ0v) is 10.1. The van der Waals surface area contributed by atoms with Gasteiger partial charge in [0.25, 0.3) is 0 Å². The molecule has 0 atom stereocenters. The van der Waals surface area contributed by atoms with Crippen molar-refractivity contribution in [1.82, 2.24) is 19.9 Å². The molecule has 6 nitrogen and oxygen atoms in total. The molecule has 0 radical (unpaired) electrons. The number of fused-ring (bicyclic) bond motifs is 1. The summed E-state index contributed by atoms with van der Waals surface area (Å²) < 4.78 is 1.91. The van der Waals surface area contributed by atoms with Gasteiger partial charge in [-0.3, -0.25) is 0 Å². The molecule has 0 aromatic carbocycles. The van der Waals surface area contributed by atoms with Crippen molar-refractivity contribution >= 4 is 16.9 Å². The van der Waals surface area contributed by atoms with Gasteiger partial charge in [0.05, 0.1) is 12.4 Å². The van der Waals surface area contributed by atoms with Crippen molar-refractivity contribution in [3.05, 3.63) is 37.2 Å². The van der Waals surface area contributed by atoms with E-state index in [9.17, 15) is 0 Å². The van der Waals surface area contributed by atoms with Crippen molar-refractivity contribution in [2.75, 3.05) is 19.0 Å². The summed E-state index contributed by atoms with van der Waals surface area (Å²) in [6, 6.07) is 4.04. The van der Waals surface area contributed by atoms with Crippen molar-refractivity contribution in [3.8, 4) is 5.82 Å². The summed E-state index contributed by atoms with van der Waals surface area (Å²) in [4.78, 5) is 18.6. The number of nitrogens with zero attached hydrogens (tertiary/aromatic N) is 6. The van der Waals surface area contributed by atoms with Crippen LogP contribution in [0.25, 0.3) is 17.0 Å². The van der Waals surface area contributed by atoms with Gasteiger partial charge in [0.15, 0.2) is 6.33 Å². The van der Waals surface area contributed by atoms with Crippen molar-refractivity contribution in [2.24, 2.45) is 0 Å². The number of rotatable bonds is 2. The van der Waals surface area contributed by atoms with Crippen molar-refractivity contribution < 1.29 is 4.57 Å². The van der Waals surface area contributed by atoms with Crippen molar-refractivity contribution in [1.29, 1.82) is 0 Å². The van der Waals surface area contributed by atoms with Gasteiger partial charge in [-0.1, -0.05) is 0 Å². The monoisotopic (exact) mass is 240 g/mol. The van der Waals surface area contributed by atoms with E-state index in [0.29, 0.717) is 11.2 Å². The summed E-state index contributed by atoms with van der Waals surface area (Å²) in [6.45, 7) is 0. The molecule has 0 unspecified atom stereocenters. The van der Waals surface area contributed by atoms with E-state index in [4.69, 9.17) is 0 Å². The molecular formula is C12H12N6. The Morgan fingerprint density at radius 2 is 1.89 bits per heavy atom. The quantitative estimate of drug-likeness (QED) is 0.604. The van der Waals surface area contributed by atoms with Gasteiger partial charge in [0, 0.05) is 37.6 Å². The van der Waals surface area contributed by atoms with E-state index in [1.807, 2.05) is 48.1 Å². The average Bonchev–Trinajstić information content (AvgIpc) is 2.87. The minimum absolute atomic E-state index is 0.615. The van der Waals surface area contributed by atoms with Crippen LogP contribution in [0.15, 0.2) is 37.2 Å². The normalized spacial score (nSPS) is 10.8. The molecule has 0 saturated heterocycles. The summed E-state index contributed by atoms with van der Waals surface area (Å²) in [6.07, 6.45) is 6.90. The summed E-state index contributed by atoms with van der Waals surface area (Å²) in [7, 11) is 4.01. The van der Waals surface area contributed by atoms with Crippen LogP contribution in [0.1, 0.15) is 0 Å². The zero-order valence-electron chi connectivity index (χ0n) is 10.1. The van der Waals surface area contributed by atoms with Crippen LogP contribution in [0.5, 0.6) is 0 Å². The Morgan fingerprint density at radius 3 is 2.61 bits per heavy atom. The van der Waals surface area contributed by atoms with Crippen molar-refractivity contribution in [3.63, 3.8) is 0 Å². The molecule has 0 aliphatic rings. The number of aromatic nitrogens is 5. The smallest absolute Gasteiger partial charge is 0.338 e. The van der Waals surface area contributed by atoms with E-state index in [2.05, 4.69) is 19.9 Å². The molecule has 0 spiro atoms. The van der Waals surface area contributed by atoms with Gasteiger partial charge in [-0.2, -0.15) is 0 Å². The Kier molecular flexibility index (Phi) is 2.40. The number of pyridine rings is 1. The second-order valence-corrected chi connectivity index (χ2v) is 4.10. The van der Waals surface area contributed by atoms with Crippen LogP contribution in [-0.2, 0) is 0 Å². The topological polar surface area (TPSA) is 59.9 Å². The van der Waals surface area contributed by atoms with E-state index in [0.717, 1.165) is 11.5 Å². The fraction of sp³-hybridized carbons (Fsp3) is 0.167. The predicted octanol–water partition coefficient (Wildman–Crippen LogP) is 0.325. The second-order valence-electron chi connectivity index (χ2n) is 4.10. The van der Waals surface area contributed by atoms with E-state index in [-0.39, 0.29) is 0 Å². The minimum atomic E-state index is 0.615. The Bertz CT molecular complexity index is 670. The van der Waals surface area contributed by atoms with Gasteiger partial charge in [-0.25, -0.2) is 4.57 Å². The fourth-order valence-electron chi connectivity index (χ4n) is 1.76. The lowest BCUT2D eigenvalue weighted by Crippen LogP contribution is -2.31. The standard InChI is InChI=1S/C12H12N6/c1-17(2)9-3-5-18(6-4-9)12-10-11(14-7-13-10)15-8-16-12/h3-8H,1-2H3. The Hall–Kier alpha value is -2.50. The first-order valence-electron chi connectivity index (χ1n) is 5.53. The number of hydrogen-bond acceptors (Lipinski definition) is 4. The van der Waals surface area contributed by atoms with Crippen LogP contribution in [0.3, 0.4) is 0 Å². The fourth-order valence-corrected chi connectivity index (χ4v) is 1.76. The molecule has 0 bridgehead atoms. The first kappa shape index (κ1) is 10.6. The first-order chi connectivity index (χ1) is 8.75. The van der Waals surface area contributed by atoms with Crippen molar-refractivity contribution in [2.45, 2.75) is 0 Å². The van der Waals surface area contributed by atoms with Crippen LogP contribution >= 0.6 is 0 Å². The molecule has 18 heavy (non-hydrogen) atoms. The van der Waals surface area contributed by atoms with E-state index in [1.54, 1.807) is 0 Å². The van der Waals surface area contributed by atoms with Gasteiger partial charge in [-0.05, 0) is 11.3 Å². The summed E-state index contributed by atoms with van der Waals surface area (Å²) in [5.74, 6) is 0.739. The molecule has 3 heterocycles. The third kappa shape index (κ3) is 1.67. The molecule has 0 N–H and O–H groups in total. The zero-order chi connectivity index (χ0) is 12.5. The molecule has 3 aromatic heterocycles. The van der Waals surface area contributed by atoms with Gasteiger partial charge in [-0.15, -0.1) is 0 Å². The average molecular weight is 240 g/mol. The molecule has 0 amide bonds. The molecule has 0 fully saturated rings. The maximum Gasteiger partial charge on any atom is 0.338 e. The molecular weight excluding hydrogens is 228 g/mol. The highest BCUT2D eigenvalue weighted by molar-refractivity contribution is 5.74. The Morgan fingerprint density at radius 1 is 1.11 bits per heavy atom. The number of hydrogen-bond donors (Lipinski definition) is 0. The summed E-state index contributed by atoms with van der Waals surface area (Å²) >= 11 is 0. The van der Waals surface area contributed by atoms with E-state index in [1.165, 1.54) is 12.7 Å². The molecule has 0 aliphatic carbocycles. The maximum absolute atomic E-state index is 4.26. The van der Waals surface area contributed by atoms with E-state index < -0.39 is 0 Å². The lowest BCUT2D eigenvalue weighted by atomic mass is 10.3. The lowest BCUT2D eigenvalue weighted by Gasteiger charge is -2.11. The van der Waals surface area contributed by atoms with Crippen LogP contribution < -0.4 is 14.5 Å². The SMILES string of the molecule is CN(C)c1cc[n+](-c2ncnc3[n-]cnc23)cc1. The highest BCUT2D eigenvalue weighted by atomic mass is 15.1. The van der Waals surface area contributed by atoms with Crippen LogP contribution in [0, 0.1) is 0 Å². The molecule has 3 rings (SSSR count). The molecule has 0 aliphatic heterocycles. The lowest BCUT2D eigenvalue weighted by molar-refractivity contribution is -0.598. The Balaban J connectivity index is 2.11. The van der Waals surface area contributed by atoms with Crippen LogP contribution in [-0.4, -0.2) is 29.0 Å². The highest BCUT2D eigenvalue weighted by Gasteiger charge is 2.11. The van der Waals surface area contributed by atoms with Gasteiger partial charge >= 0.3 is 5.82 Å². The van der Waals surface area contributed by atoms with Gasteiger partial charge in [0.1, 0.15) is 5.52 Å². The molecule has 0 saturated carbocycles. The van der Waals surface area contributed by atoms with Gasteiger partial charge < -0.3 is 19.9 Å². The van der Waals surface area contributed by atoms with E-state index >= 15 is 0 Å². The number of anilines is 1. The van der Waals surface area contributed by atoms with Crippen LogP contribution in [0.4, 0.5) is 5.69 Å². The molecule has 3 aromatic rings. The third-order valence-electron chi connectivity index (χ3n) is 2.72. The Labute approximate surface area is 104 Å². The number of imidazole rings is 1. The third-order valence-corrected chi connectivity index (χ3v) is 2.72. The molecule has 90 valence electrons. The predicted molar refractivity (Wildman–Crippen MR) is 66.5 cm³/mol. The maximum atomic E-state index is 4.26.